The fourth-order valence-corrected chi connectivity index (χ4v) is 4.14. The molecule has 31 heavy (non-hydrogen) atoms. The molecule has 2 aromatic carbocycles. The summed E-state index contributed by atoms with van der Waals surface area (Å²) in [5.74, 6) is 0.905. The summed E-state index contributed by atoms with van der Waals surface area (Å²) in [6.45, 7) is 13.4. The lowest BCUT2D eigenvalue weighted by atomic mass is 9.72. The average Bonchev–Trinajstić information content (AvgIpc) is 2.66. The molecule has 0 aliphatic carbocycles. The van der Waals surface area contributed by atoms with Gasteiger partial charge in [-0.25, -0.2) is 0 Å². The van der Waals surface area contributed by atoms with Crippen LogP contribution in [0.1, 0.15) is 52.2 Å². The molecule has 0 bridgehead atoms. The van der Waals surface area contributed by atoms with Gasteiger partial charge in [0.05, 0.1) is 13.2 Å². The zero-order chi connectivity index (χ0) is 22.2. The molecular formula is C27H42ClNO2. The molecule has 0 fully saturated rings. The molecule has 0 aromatic heterocycles. The lowest BCUT2D eigenvalue weighted by Crippen LogP contribution is -2.35. The summed E-state index contributed by atoms with van der Waals surface area (Å²) >= 11 is 0. The van der Waals surface area contributed by atoms with Crippen molar-refractivity contribution < 1.29 is 9.47 Å². The van der Waals surface area contributed by atoms with Crippen molar-refractivity contribution in [3.63, 3.8) is 0 Å². The van der Waals surface area contributed by atoms with Crippen molar-refractivity contribution in [1.82, 2.24) is 4.90 Å². The van der Waals surface area contributed by atoms with Gasteiger partial charge in [0.15, 0.2) is 0 Å². The zero-order valence-electron chi connectivity index (χ0n) is 20.5. The van der Waals surface area contributed by atoms with Crippen LogP contribution in [0.5, 0.6) is 5.75 Å². The van der Waals surface area contributed by atoms with Gasteiger partial charge in [0.25, 0.3) is 0 Å². The number of halogens is 1. The standard InChI is InChI=1S/C27H41NO2.ClH/c1-26(2,3)21-27(4,5)23-13-15-25(16-14-23)30-18-17-29-20-24(28(6)7)19-22-11-9-8-10-12-22;/h8-16,24H,17-21H2,1-7H3;1H. The molecule has 1 atom stereocenters. The first-order valence-electron chi connectivity index (χ1n) is 11.1. The molecule has 0 aliphatic rings. The predicted octanol–water partition coefficient (Wildman–Crippen LogP) is 6.39. The Hall–Kier alpha value is -1.55. The fourth-order valence-electron chi connectivity index (χ4n) is 4.14. The molecule has 0 heterocycles. The highest BCUT2D eigenvalue weighted by Crippen LogP contribution is 2.36. The molecule has 0 saturated heterocycles. The maximum Gasteiger partial charge on any atom is 0.119 e. The maximum absolute atomic E-state index is 5.92. The molecule has 3 nitrogen and oxygen atoms in total. The molecule has 1 unspecified atom stereocenters. The normalized spacial score (nSPS) is 13.0. The van der Waals surface area contributed by atoms with Crippen LogP contribution in [-0.4, -0.2) is 44.9 Å². The minimum absolute atomic E-state index is 0. The largest absolute Gasteiger partial charge is 0.491 e. The third-order valence-corrected chi connectivity index (χ3v) is 5.46. The summed E-state index contributed by atoms with van der Waals surface area (Å²) in [5.41, 5.74) is 3.15. The quantitative estimate of drug-likeness (QED) is 0.372. The van der Waals surface area contributed by atoms with E-state index in [0.29, 0.717) is 31.3 Å². The molecule has 174 valence electrons. The molecule has 2 aromatic rings. The van der Waals surface area contributed by atoms with Crippen LogP contribution in [0.25, 0.3) is 0 Å². The van der Waals surface area contributed by atoms with Crippen molar-refractivity contribution in [3.05, 3.63) is 65.7 Å². The zero-order valence-corrected chi connectivity index (χ0v) is 21.3. The van der Waals surface area contributed by atoms with E-state index in [4.69, 9.17) is 9.47 Å². The Morgan fingerprint density at radius 2 is 1.45 bits per heavy atom. The highest BCUT2D eigenvalue weighted by Gasteiger charge is 2.27. The Bertz CT molecular complexity index is 736. The Labute approximate surface area is 196 Å². The molecule has 0 radical (unpaired) electrons. The van der Waals surface area contributed by atoms with Crippen LogP contribution in [0.15, 0.2) is 54.6 Å². The highest BCUT2D eigenvalue weighted by atomic mass is 35.5. The summed E-state index contributed by atoms with van der Waals surface area (Å²) in [7, 11) is 4.21. The first-order chi connectivity index (χ1) is 14.1. The summed E-state index contributed by atoms with van der Waals surface area (Å²) in [6, 6.07) is 19.5. The van der Waals surface area contributed by atoms with Gasteiger partial charge in [-0.2, -0.15) is 0 Å². The molecule has 0 saturated carbocycles. The van der Waals surface area contributed by atoms with E-state index in [9.17, 15) is 0 Å². The van der Waals surface area contributed by atoms with Gasteiger partial charge in [0.2, 0.25) is 0 Å². The molecule has 0 amide bonds. The Morgan fingerprint density at radius 1 is 0.839 bits per heavy atom. The van der Waals surface area contributed by atoms with E-state index in [1.54, 1.807) is 0 Å². The third-order valence-electron chi connectivity index (χ3n) is 5.46. The molecule has 0 aliphatic heterocycles. The van der Waals surface area contributed by atoms with E-state index >= 15 is 0 Å². The Morgan fingerprint density at radius 3 is 2.00 bits per heavy atom. The van der Waals surface area contributed by atoms with Crippen LogP contribution in [-0.2, 0) is 16.6 Å². The smallest absolute Gasteiger partial charge is 0.119 e. The van der Waals surface area contributed by atoms with Gasteiger partial charge < -0.3 is 14.4 Å². The third kappa shape index (κ3) is 10.1. The summed E-state index contributed by atoms with van der Waals surface area (Å²) in [6.07, 6.45) is 2.13. The molecule has 0 spiro atoms. The Kier molecular flexibility index (Phi) is 11.1. The second-order valence-electron chi connectivity index (χ2n) is 10.4. The predicted molar refractivity (Wildman–Crippen MR) is 135 cm³/mol. The van der Waals surface area contributed by atoms with E-state index < -0.39 is 0 Å². The van der Waals surface area contributed by atoms with Crippen molar-refractivity contribution in [1.29, 1.82) is 0 Å². The van der Waals surface area contributed by atoms with Gasteiger partial charge in [-0.1, -0.05) is 77.1 Å². The number of nitrogens with zero attached hydrogens (tertiary/aromatic N) is 1. The van der Waals surface area contributed by atoms with Gasteiger partial charge in [-0.05, 0) is 61.0 Å². The maximum atomic E-state index is 5.92. The number of ether oxygens (including phenoxy) is 2. The van der Waals surface area contributed by atoms with E-state index in [1.165, 1.54) is 11.1 Å². The Balaban J connectivity index is 0.00000480. The molecule has 2 rings (SSSR count). The lowest BCUT2D eigenvalue weighted by molar-refractivity contribution is 0.0595. The molecule has 4 heteroatoms. The topological polar surface area (TPSA) is 21.7 Å². The second-order valence-corrected chi connectivity index (χ2v) is 10.4. The fraction of sp³-hybridized carbons (Fsp3) is 0.556. The summed E-state index contributed by atoms with van der Waals surface area (Å²) in [5, 5.41) is 0. The van der Waals surface area contributed by atoms with Crippen LogP contribution in [0.4, 0.5) is 0 Å². The van der Waals surface area contributed by atoms with E-state index in [1.807, 2.05) is 0 Å². The first-order valence-corrected chi connectivity index (χ1v) is 11.1. The van der Waals surface area contributed by atoms with Crippen molar-refractivity contribution >= 4 is 12.4 Å². The van der Waals surface area contributed by atoms with E-state index in [0.717, 1.165) is 18.6 Å². The van der Waals surface area contributed by atoms with Crippen molar-refractivity contribution in [2.24, 2.45) is 5.41 Å². The number of rotatable bonds is 11. The van der Waals surface area contributed by atoms with Crippen LogP contribution in [0.2, 0.25) is 0 Å². The minimum atomic E-state index is 0. The van der Waals surface area contributed by atoms with Crippen LogP contribution < -0.4 is 4.74 Å². The van der Waals surface area contributed by atoms with E-state index in [-0.39, 0.29) is 17.8 Å². The van der Waals surface area contributed by atoms with E-state index in [2.05, 4.69) is 108 Å². The number of hydrogen-bond donors (Lipinski definition) is 0. The van der Waals surface area contributed by atoms with Crippen molar-refractivity contribution in [3.8, 4) is 5.75 Å². The van der Waals surface area contributed by atoms with Gasteiger partial charge in [0.1, 0.15) is 12.4 Å². The van der Waals surface area contributed by atoms with Gasteiger partial charge >= 0.3 is 0 Å². The SMILES string of the molecule is CN(C)C(COCCOc1ccc(C(C)(C)CC(C)(C)C)cc1)Cc1ccccc1.Cl. The number of benzene rings is 2. The monoisotopic (exact) mass is 447 g/mol. The van der Waals surface area contributed by atoms with Crippen LogP contribution >= 0.6 is 12.4 Å². The summed E-state index contributed by atoms with van der Waals surface area (Å²) < 4.78 is 11.8. The highest BCUT2D eigenvalue weighted by molar-refractivity contribution is 5.85. The van der Waals surface area contributed by atoms with Crippen molar-refractivity contribution in [2.45, 2.75) is 58.9 Å². The summed E-state index contributed by atoms with van der Waals surface area (Å²) in [4.78, 5) is 2.23. The van der Waals surface area contributed by atoms with Gasteiger partial charge in [-0.3, -0.25) is 0 Å². The lowest BCUT2D eigenvalue weighted by Gasteiger charge is -2.33. The van der Waals surface area contributed by atoms with Crippen LogP contribution in [0.3, 0.4) is 0 Å². The first kappa shape index (κ1) is 27.5. The molecule has 0 N–H and O–H groups in total. The van der Waals surface area contributed by atoms with Crippen molar-refractivity contribution in [2.75, 3.05) is 33.9 Å². The second kappa shape index (κ2) is 12.5. The molecular weight excluding hydrogens is 406 g/mol. The number of likely N-dealkylation sites (N-methyl/N-ethyl adjacent to an activating group) is 1. The number of hydrogen-bond acceptors (Lipinski definition) is 3. The van der Waals surface area contributed by atoms with Gasteiger partial charge in [-0.15, -0.1) is 12.4 Å². The minimum Gasteiger partial charge on any atom is -0.491 e. The average molecular weight is 448 g/mol. The van der Waals surface area contributed by atoms with Gasteiger partial charge in [0, 0.05) is 6.04 Å². The van der Waals surface area contributed by atoms with Crippen LogP contribution in [0, 0.1) is 5.41 Å².